The predicted octanol–water partition coefficient (Wildman–Crippen LogP) is 18.6. The molecular formula is C63H57F23O11. The van der Waals surface area contributed by atoms with Crippen molar-refractivity contribution in [2.24, 2.45) is 0 Å². The Hall–Kier alpha value is -8.47. The highest BCUT2D eigenvalue weighted by Crippen LogP contribution is 2.41. The van der Waals surface area contributed by atoms with Crippen molar-refractivity contribution in [3.63, 3.8) is 0 Å². The molecule has 97 heavy (non-hydrogen) atoms. The van der Waals surface area contributed by atoms with Crippen molar-refractivity contribution >= 4 is 0 Å². The number of ether oxygens (including phenoxy) is 10. The molecule has 11 nitrogen and oxygen atoms in total. The molecule has 0 atom stereocenters. The second kappa shape index (κ2) is 37.9. The van der Waals surface area contributed by atoms with E-state index in [0.717, 1.165) is 25.0 Å². The summed E-state index contributed by atoms with van der Waals surface area (Å²) >= 11 is 0. The van der Waals surface area contributed by atoms with Gasteiger partial charge in [0, 0.05) is 5.56 Å². The van der Waals surface area contributed by atoms with Gasteiger partial charge in [0.05, 0.1) is 44.2 Å². The number of hydrogen-bond acceptors (Lipinski definition) is 11. The zero-order valence-electron chi connectivity index (χ0n) is 51.2. The zero-order valence-corrected chi connectivity index (χ0v) is 51.2. The van der Waals surface area contributed by atoms with Crippen LogP contribution in [0.3, 0.4) is 0 Å². The smallest absolute Gasteiger partial charge is 0.389 e. The van der Waals surface area contributed by atoms with E-state index >= 15 is 0 Å². The van der Waals surface area contributed by atoms with Crippen molar-refractivity contribution in [3.8, 4) is 56.8 Å². The number of benzene rings is 7. The van der Waals surface area contributed by atoms with Crippen molar-refractivity contribution < 1.29 is 153 Å². The summed E-state index contributed by atoms with van der Waals surface area (Å²) in [4.78, 5) is 0. The highest BCUT2D eigenvalue weighted by atomic mass is 19.3. The number of phenols is 1. The Labute approximate surface area is 537 Å². The molecule has 536 valence electrons. The molecule has 0 unspecified atom stereocenters. The van der Waals surface area contributed by atoms with E-state index in [1.165, 1.54) is 52.0 Å². The molecule has 0 bridgehead atoms. The molecule has 0 spiro atoms. The summed E-state index contributed by atoms with van der Waals surface area (Å²) in [7, 11) is 0. The first-order valence-corrected chi connectivity index (χ1v) is 27.8. The fraction of sp³-hybridized carbons (Fsp3) is 0.333. The lowest BCUT2D eigenvalue weighted by molar-refractivity contribution is -0.251. The maximum Gasteiger partial charge on any atom is 0.389 e. The second-order valence-electron chi connectivity index (χ2n) is 18.6. The fourth-order valence-corrected chi connectivity index (χ4v) is 7.14. The summed E-state index contributed by atoms with van der Waals surface area (Å²) < 4.78 is 349. The van der Waals surface area contributed by atoms with Gasteiger partial charge < -0.3 is 52.5 Å². The molecule has 7 rings (SSSR count). The molecule has 0 fully saturated rings. The van der Waals surface area contributed by atoms with E-state index in [4.69, 9.17) is 19.3 Å². The first kappa shape index (κ1) is 82.8. The van der Waals surface area contributed by atoms with Gasteiger partial charge >= 0.3 is 30.5 Å². The fourth-order valence-electron chi connectivity index (χ4n) is 7.14. The van der Waals surface area contributed by atoms with Gasteiger partial charge in [-0.3, -0.25) is 0 Å². The third-order valence-electron chi connectivity index (χ3n) is 11.4. The minimum absolute atomic E-state index is 0.0366. The second-order valence-corrected chi connectivity index (χ2v) is 18.6. The zero-order chi connectivity index (χ0) is 73.2. The number of aromatic hydroxyl groups is 1. The van der Waals surface area contributed by atoms with Crippen LogP contribution >= 0.6 is 0 Å². The average Bonchev–Trinajstić information content (AvgIpc) is 0.751. The lowest BCUT2D eigenvalue weighted by Gasteiger charge is -2.18. The molecule has 0 heterocycles. The van der Waals surface area contributed by atoms with Gasteiger partial charge in [0.25, 0.3) is 0 Å². The first-order valence-electron chi connectivity index (χ1n) is 27.8. The monoisotopic (exact) mass is 1430 g/mol. The number of hydrogen-bond donors (Lipinski definition) is 1. The molecule has 0 saturated heterocycles. The molecule has 0 amide bonds. The number of para-hydroxylation sites is 1. The summed E-state index contributed by atoms with van der Waals surface area (Å²) in [5.41, 5.74) is -3.43. The summed E-state index contributed by atoms with van der Waals surface area (Å²) in [6.07, 6.45) is -17.7. The SMILES string of the molecule is CCOC(F)(F)COc1c(F)c(F)c(-c2c(F)c(F)c(F)c(F)c2F)c(F)c1F.CCOC(F)(F)COc1c(F)c(F)c(C)c(F)c1F.CCOC(F)(F)COc1ccc(-c2ccccc2)cc1.CCOC(F)(F)COc1ccc(O)cc1.CCOC(F)(F)COc1ccccc1. The Morgan fingerprint density at radius 2 is 0.515 bits per heavy atom. The van der Waals surface area contributed by atoms with Crippen molar-refractivity contribution in [2.45, 2.75) is 72.1 Å². The largest absolute Gasteiger partial charge is 0.508 e. The summed E-state index contributed by atoms with van der Waals surface area (Å²) in [6, 6.07) is 30.8. The predicted molar refractivity (Wildman–Crippen MR) is 299 cm³/mol. The van der Waals surface area contributed by atoms with Crippen LogP contribution in [0.25, 0.3) is 22.3 Å². The van der Waals surface area contributed by atoms with Crippen molar-refractivity contribution in [1.82, 2.24) is 0 Å². The highest BCUT2D eigenvalue weighted by Gasteiger charge is 2.39. The standard InChI is InChI=1S/C16H7F11O2.C16H16F2O2.C11H10F6O2.C10H12F2O3.C10H12F2O2/c1-2-29-16(26,27)3-28-15-13(24)8(19)5(9(20)14(15)25)4-6(17)10(21)12(23)11(22)7(4)18;1-2-20-16(17,18)12-19-15-10-8-14(9-11-15)13-6-4-3-5-7-13;1-3-19-11(16,17)4-18-10-8(14)6(12)5(2)7(13)9(10)15;1-2-15-10(11,12)7-14-9-5-3-8(13)4-6-9;1-2-14-10(11,12)8-13-9-6-4-3-5-7-9/h2-3H2,1H3;3-11H,2,12H2,1H3;3-4H2,1-2H3;3-6,13H,2,7H2,1H3;3-7H,2,8H2,1H3. The Bertz CT molecular complexity index is 3470. The molecule has 1 N–H and O–H groups in total. The van der Waals surface area contributed by atoms with Gasteiger partial charge in [-0.2, -0.15) is 61.5 Å². The van der Waals surface area contributed by atoms with Gasteiger partial charge in [0.1, 0.15) is 23.0 Å². The van der Waals surface area contributed by atoms with E-state index in [1.807, 2.05) is 42.5 Å². The van der Waals surface area contributed by atoms with Gasteiger partial charge in [-0.1, -0.05) is 60.7 Å². The minimum atomic E-state index is -4.14. The minimum Gasteiger partial charge on any atom is -0.508 e. The molecule has 0 saturated carbocycles. The summed E-state index contributed by atoms with van der Waals surface area (Å²) in [5.74, 6) is -33.6. The van der Waals surface area contributed by atoms with Crippen LogP contribution in [0.1, 0.15) is 40.2 Å². The van der Waals surface area contributed by atoms with Gasteiger partial charge in [0.15, 0.2) is 91.1 Å². The topological polar surface area (TPSA) is 113 Å². The number of phenolic OH excluding ortho intramolecular Hbond substituents is 1. The molecule has 34 heteroatoms. The van der Waals surface area contributed by atoms with Crippen LogP contribution in [-0.2, 0) is 23.7 Å². The molecule has 0 aliphatic heterocycles. The van der Waals surface area contributed by atoms with E-state index in [-0.39, 0.29) is 37.9 Å². The van der Waals surface area contributed by atoms with Crippen LogP contribution in [0.4, 0.5) is 101 Å². The molecule has 7 aromatic carbocycles. The number of alkyl halides is 10. The van der Waals surface area contributed by atoms with E-state index in [9.17, 15) is 101 Å². The molecule has 0 aliphatic rings. The van der Waals surface area contributed by atoms with Gasteiger partial charge in [-0.15, -0.1) is 0 Å². The van der Waals surface area contributed by atoms with Crippen LogP contribution in [-0.4, -0.2) is 102 Å². The Morgan fingerprint density at radius 3 is 0.825 bits per heavy atom. The molecule has 0 radical (unpaired) electrons. The maximum absolute atomic E-state index is 14.1. The first-order chi connectivity index (χ1) is 45.3. The molecule has 0 aliphatic carbocycles. The van der Waals surface area contributed by atoms with Gasteiger partial charge in [-0.25, -0.2) is 39.5 Å². The average molecular weight is 1430 g/mol. The van der Waals surface area contributed by atoms with Gasteiger partial charge in [-0.05, 0) is 101 Å². The highest BCUT2D eigenvalue weighted by molar-refractivity contribution is 5.68. The Morgan fingerprint density at radius 1 is 0.278 bits per heavy atom. The number of halogens is 23. The van der Waals surface area contributed by atoms with Crippen molar-refractivity contribution in [2.75, 3.05) is 66.1 Å². The normalized spacial score (nSPS) is 11.6. The van der Waals surface area contributed by atoms with Crippen LogP contribution in [0, 0.1) is 82.5 Å². The molecule has 7 aromatic rings. The van der Waals surface area contributed by atoms with Gasteiger partial charge in [0.2, 0.25) is 29.1 Å². The lowest BCUT2D eigenvalue weighted by Crippen LogP contribution is -2.29. The van der Waals surface area contributed by atoms with Crippen LogP contribution < -0.4 is 23.7 Å². The molecular weight excluding hydrogens is 1370 g/mol. The van der Waals surface area contributed by atoms with E-state index < -0.39 is 174 Å². The summed E-state index contributed by atoms with van der Waals surface area (Å²) in [6.45, 7) is 0.687. The van der Waals surface area contributed by atoms with E-state index in [1.54, 1.807) is 42.5 Å². The molecule has 0 aromatic heterocycles. The van der Waals surface area contributed by atoms with Crippen LogP contribution in [0.5, 0.6) is 34.5 Å². The Balaban J connectivity index is 0.000000324. The summed E-state index contributed by atoms with van der Waals surface area (Å²) in [5, 5.41) is 8.94. The number of rotatable bonds is 27. The van der Waals surface area contributed by atoms with Crippen LogP contribution in [0.2, 0.25) is 0 Å². The quantitative estimate of drug-likeness (QED) is 0.0302. The van der Waals surface area contributed by atoms with Crippen molar-refractivity contribution in [1.29, 1.82) is 0 Å². The van der Waals surface area contributed by atoms with E-state index in [0.29, 0.717) is 11.5 Å². The van der Waals surface area contributed by atoms with Crippen molar-refractivity contribution in [3.05, 3.63) is 190 Å². The maximum atomic E-state index is 14.1. The Kier molecular flexibility index (Phi) is 32.3. The third-order valence-corrected chi connectivity index (χ3v) is 11.4. The van der Waals surface area contributed by atoms with Crippen LogP contribution in [0.15, 0.2) is 109 Å². The van der Waals surface area contributed by atoms with E-state index in [2.05, 4.69) is 33.2 Å². The lowest BCUT2D eigenvalue weighted by atomic mass is 10.0. The third kappa shape index (κ3) is 25.8.